The lowest BCUT2D eigenvalue weighted by molar-refractivity contribution is -0.143. The number of carbonyl (C=O) groups excluding carboxylic acids is 1. The summed E-state index contributed by atoms with van der Waals surface area (Å²) < 4.78 is 5.20. The molecule has 0 atom stereocenters. The van der Waals surface area contributed by atoms with E-state index in [1.165, 1.54) is 0 Å². The topological polar surface area (TPSA) is 55.6 Å². The fourth-order valence-electron chi connectivity index (χ4n) is 1.55. The van der Waals surface area contributed by atoms with Crippen LogP contribution in [0.15, 0.2) is 0 Å². The number of methoxy groups -OCH3 is 1. The third-order valence-corrected chi connectivity index (χ3v) is 2.59. The van der Waals surface area contributed by atoms with Crippen molar-refractivity contribution in [2.24, 2.45) is 5.73 Å². The predicted octanol–water partition coefficient (Wildman–Crippen LogP) is 0.361. The second kappa shape index (κ2) is 3.51. The molecule has 1 amide bonds. The Kier molecular flexibility index (Phi) is 2.88. The molecule has 1 fully saturated rings. The summed E-state index contributed by atoms with van der Waals surface area (Å²) in [5.41, 5.74) is 5.26. The summed E-state index contributed by atoms with van der Waals surface area (Å²) in [7, 11) is 1.62. The van der Waals surface area contributed by atoms with E-state index in [2.05, 4.69) is 0 Å². The van der Waals surface area contributed by atoms with Crippen LogP contribution in [0.2, 0.25) is 0 Å². The predicted molar refractivity (Wildman–Crippen MR) is 54.9 cm³/mol. The lowest BCUT2D eigenvalue weighted by Crippen LogP contribution is -2.67. The smallest absolute Gasteiger partial charge is 0.225 e. The van der Waals surface area contributed by atoms with Gasteiger partial charge in [0, 0.05) is 25.7 Å². The highest BCUT2D eigenvalue weighted by molar-refractivity contribution is 5.78. The van der Waals surface area contributed by atoms with E-state index in [4.69, 9.17) is 10.5 Å². The summed E-state index contributed by atoms with van der Waals surface area (Å²) in [5, 5.41) is 0. The van der Waals surface area contributed by atoms with Crippen LogP contribution < -0.4 is 5.73 Å². The van der Waals surface area contributed by atoms with Crippen molar-refractivity contribution < 1.29 is 9.53 Å². The van der Waals surface area contributed by atoms with Crippen molar-refractivity contribution in [1.82, 2.24) is 4.90 Å². The Morgan fingerprint density at radius 1 is 1.57 bits per heavy atom. The Balaban J connectivity index is 2.38. The molecule has 0 aromatic carbocycles. The van der Waals surface area contributed by atoms with E-state index in [1.807, 2.05) is 20.8 Å². The monoisotopic (exact) mass is 200 g/mol. The second-order valence-corrected chi connectivity index (χ2v) is 5.04. The lowest BCUT2D eigenvalue weighted by atomic mass is 9.92. The molecule has 0 aromatic rings. The van der Waals surface area contributed by atoms with Crippen molar-refractivity contribution in [2.75, 3.05) is 20.2 Å². The molecule has 0 bridgehead atoms. The van der Waals surface area contributed by atoms with Crippen LogP contribution in [0, 0.1) is 0 Å². The minimum absolute atomic E-state index is 0.125. The van der Waals surface area contributed by atoms with Crippen LogP contribution in [0.5, 0.6) is 0 Å². The number of hydrogen-bond donors (Lipinski definition) is 1. The van der Waals surface area contributed by atoms with Gasteiger partial charge < -0.3 is 15.4 Å². The molecule has 4 heteroatoms. The maximum Gasteiger partial charge on any atom is 0.225 e. The normalized spacial score (nSPS) is 20.5. The van der Waals surface area contributed by atoms with E-state index in [9.17, 15) is 4.79 Å². The molecule has 0 radical (unpaired) electrons. The zero-order chi connectivity index (χ0) is 11.0. The Bertz CT molecular complexity index is 228. The van der Waals surface area contributed by atoms with Crippen LogP contribution in [0.3, 0.4) is 0 Å². The van der Waals surface area contributed by atoms with Crippen LogP contribution >= 0.6 is 0 Å². The number of nitrogens with zero attached hydrogens (tertiary/aromatic N) is 1. The van der Waals surface area contributed by atoms with Crippen LogP contribution in [0.25, 0.3) is 0 Å². The zero-order valence-electron chi connectivity index (χ0n) is 9.46. The van der Waals surface area contributed by atoms with Gasteiger partial charge in [-0.05, 0) is 20.8 Å². The number of carbonyl (C=O) groups is 1. The number of nitrogens with two attached hydrogens (primary N) is 1. The van der Waals surface area contributed by atoms with Gasteiger partial charge in [0.25, 0.3) is 0 Å². The van der Waals surface area contributed by atoms with Gasteiger partial charge >= 0.3 is 0 Å². The molecule has 0 unspecified atom stereocenters. The van der Waals surface area contributed by atoms with Crippen LogP contribution in [0.1, 0.15) is 27.2 Å². The minimum Gasteiger partial charge on any atom is -0.378 e. The Morgan fingerprint density at radius 2 is 2.07 bits per heavy atom. The molecule has 1 aliphatic heterocycles. The van der Waals surface area contributed by atoms with Gasteiger partial charge in [-0.2, -0.15) is 0 Å². The average Bonchev–Trinajstić information content (AvgIpc) is 1.99. The van der Waals surface area contributed by atoms with E-state index in [1.54, 1.807) is 12.0 Å². The van der Waals surface area contributed by atoms with Gasteiger partial charge in [0.2, 0.25) is 5.91 Å². The molecule has 14 heavy (non-hydrogen) atoms. The highest BCUT2D eigenvalue weighted by Gasteiger charge is 2.39. The van der Waals surface area contributed by atoms with Crippen molar-refractivity contribution in [2.45, 2.75) is 38.3 Å². The van der Waals surface area contributed by atoms with Gasteiger partial charge in [-0.25, -0.2) is 0 Å². The zero-order valence-corrected chi connectivity index (χ0v) is 9.46. The molecular formula is C10H20N2O2. The van der Waals surface area contributed by atoms with E-state index in [-0.39, 0.29) is 17.0 Å². The number of rotatable bonds is 3. The molecule has 1 aliphatic rings. The molecule has 2 N–H and O–H groups in total. The van der Waals surface area contributed by atoms with Crippen molar-refractivity contribution in [1.29, 1.82) is 0 Å². The van der Waals surface area contributed by atoms with Crippen molar-refractivity contribution in [3.63, 3.8) is 0 Å². The van der Waals surface area contributed by atoms with Crippen molar-refractivity contribution in [3.05, 3.63) is 0 Å². The number of ether oxygens (including phenoxy) is 1. The highest BCUT2D eigenvalue weighted by atomic mass is 16.5. The van der Waals surface area contributed by atoms with Crippen LogP contribution in [-0.2, 0) is 9.53 Å². The van der Waals surface area contributed by atoms with Gasteiger partial charge in [0.05, 0.1) is 12.0 Å². The maximum atomic E-state index is 11.7. The summed E-state index contributed by atoms with van der Waals surface area (Å²) >= 11 is 0. The summed E-state index contributed by atoms with van der Waals surface area (Å²) in [6.07, 6.45) is 0.416. The first-order chi connectivity index (χ1) is 6.26. The molecule has 0 saturated carbocycles. The van der Waals surface area contributed by atoms with E-state index < -0.39 is 0 Å². The number of likely N-dealkylation sites (tertiary alicyclic amines) is 1. The SMILES string of the molecule is COC(C)(C)CC(=O)N1CC(C)(N)C1. The number of amides is 1. The average molecular weight is 200 g/mol. The Hall–Kier alpha value is -0.610. The summed E-state index contributed by atoms with van der Waals surface area (Å²) in [5.74, 6) is 0.125. The summed E-state index contributed by atoms with van der Waals surface area (Å²) in [6, 6.07) is 0. The third-order valence-electron chi connectivity index (χ3n) is 2.59. The quantitative estimate of drug-likeness (QED) is 0.715. The molecular weight excluding hydrogens is 180 g/mol. The van der Waals surface area contributed by atoms with Crippen LogP contribution in [0.4, 0.5) is 0 Å². The van der Waals surface area contributed by atoms with E-state index in [0.717, 1.165) is 0 Å². The molecule has 4 nitrogen and oxygen atoms in total. The van der Waals surface area contributed by atoms with Gasteiger partial charge in [-0.15, -0.1) is 0 Å². The lowest BCUT2D eigenvalue weighted by Gasteiger charge is -2.46. The largest absolute Gasteiger partial charge is 0.378 e. The van der Waals surface area contributed by atoms with Crippen molar-refractivity contribution >= 4 is 5.91 Å². The Morgan fingerprint density at radius 3 is 2.43 bits per heavy atom. The van der Waals surface area contributed by atoms with Crippen LogP contribution in [-0.4, -0.2) is 42.1 Å². The summed E-state index contributed by atoms with van der Waals surface area (Å²) in [6.45, 7) is 7.09. The Labute approximate surface area is 85.4 Å². The molecule has 82 valence electrons. The fourth-order valence-corrected chi connectivity index (χ4v) is 1.55. The fraction of sp³-hybridized carbons (Fsp3) is 0.900. The highest BCUT2D eigenvalue weighted by Crippen LogP contribution is 2.21. The number of hydrogen-bond acceptors (Lipinski definition) is 3. The van der Waals surface area contributed by atoms with E-state index in [0.29, 0.717) is 19.5 Å². The first kappa shape index (κ1) is 11.5. The molecule has 0 aliphatic carbocycles. The first-order valence-electron chi connectivity index (χ1n) is 4.88. The molecule has 1 heterocycles. The van der Waals surface area contributed by atoms with Gasteiger partial charge in [0.1, 0.15) is 0 Å². The molecule has 1 saturated heterocycles. The van der Waals surface area contributed by atoms with Gasteiger partial charge in [-0.1, -0.05) is 0 Å². The molecule has 1 rings (SSSR count). The van der Waals surface area contributed by atoms with E-state index >= 15 is 0 Å². The minimum atomic E-state index is -0.377. The maximum absolute atomic E-state index is 11.7. The molecule has 0 spiro atoms. The summed E-state index contributed by atoms with van der Waals surface area (Å²) in [4.78, 5) is 13.5. The first-order valence-corrected chi connectivity index (χ1v) is 4.88. The second-order valence-electron chi connectivity index (χ2n) is 5.04. The third kappa shape index (κ3) is 2.69. The van der Waals surface area contributed by atoms with Gasteiger partial charge in [-0.3, -0.25) is 4.79 Å². The van der Waals surface area contributed by atoms with Crippen molar-refractivity contribution in [3.8, 4) is 0 Å². The standard InChI is InChI=1S/C10H20N2O2/c1-9(2,14-4)5-8(13)12-6-10(3,11)7-12/h5-7,11H2,1-4H3. The molecule has 0 aromatic heterocycles. The van der Waals surface area contributed by atoms with Gasteiger partial charge in [0.15, 0.2) is 0 Å².